The van der Waals surface area contributed by atoms with Crippen molar-refractivity contribution in [2.75, 3.05) is 0 Å². The number of hydrogen-bond donors (Lipinski definition) is 1. The smallest absolute Gasteiger partial charge is 0.221 e. The largest absolute Gasteiger partial charge is 0.323 e. The van der Waals surface area contributed by atoms with Gasteiger partial charge < -0.3 is 5.32 Å². The molecule has 2 aromatic heterocycles. The third-order valence-electron chi connectivity index (χ3n) is 2.52. The van der Waals surface area contributed by atoms with E-state index in [1.165, 1.54) is 19.4 Å². The second-order valence-corrected chi connectivity index (χ2v) is 4.61. The van der Waals surface area contributed by atoms with Gasteiger partial charge >= 0.3 is 0 Å². The molecule has 0 atom stereocenters. The number of nitrogens with one attached hydrogen (secondary N) is 1. The number of hydrogen-bond acceptors (Lipinski definition) is 4. The Labute approximate surface area is 130 Å². The zero-order valence-corrected chi connectivity index (χ0v) is 12.9. The number of aromatic nitrogens is 2. The Morgan fingerprint density at radius 2 is 1.73 bits per heavy atom. The summed E-state index contributed by atoms with van der Waals surface area (Å²) in [5.74, 6) is -0.437. The normalized spacial score (nSPS) is 10.2. The SMILES string of the molecule is CC(=O)N/C(=C\c1ccncc1)C(C)=O.Cc1cccnc1. The minimum atomic E-state index is -0.259. The summed E-state index contributed by atoms with van der Waals surface area (Å²) >= 11 is 0. The predicted molar refractivity (Wildman–Crippen MR) is 85.7 cm³/mol. The van der Waals surface area contributed by atoms with Crippen LogP contribution in [0.4, 0.5) is 0 Å². The van der Waals surface area contributed by atoms with Crippen LogP contribution in [0.2, 0.25) is 0 Å². The molecule has 114 valence electrons. The van der Waals surface area contributed by atoms with Crippen molar-refractivity contribution in [2.45, 2.75) is 20.8 Å². The number of Topliss-reactive ketones (excluding diaryl/α,β-unsaturated/α-hetero) is 1. The zero-order chi connectivity index (χ0) is 16.4. The summed E-state index contributed by atoms with van der Waals surface area (Å²) < 4.78 is 0. The molecule has 0 unspecified atom stereocenters. The maximum Gasteiger partial charge on any atom is 0.221 e. The molecule has 2 aromatic rings. The minimum absolute atomic E-state index is 0.179. The Kier molecular flexibility index (Phi) is 7.19. The quantitative estimate of drug-likeness (QED) is 0.884. The number of nitrogens with zero attached hydrogens (tertiary/aromatic N) is 2. The molecule has 0 bridgehead atoms. The Morgan fingerprint density at radius 3 is 2.14 bits per heavy atom. The Balaban J connectivity index is 0.000000287. The molecule has 22 heavy (non-hydrogen) atoms. The molecule has 5 heteroatoms. The van der Waals surface area contributed by atoms with E-state index in [1.807, 2.05) is 25.3 Å². The molecular weight excluding hydrogens is 278 g/mol. The number of rotatable bonds is 3. The molecule has 0 aliphatic rings. The Hall–Kier alpha value is -2.82. The fraction of sp³-hybridized carbons (Fsp3) is 0.176. The summed E-state index contributed by atoms with van der Waals surface area (Å²) in [6.07, 6.45) is 8.47. The number of carbonyl (C=O) groups is 2. The average molecular weight is 297 g/mol. The van der Waals surface area contributed by atoms with Crippen molar-refractivity contribution in [1.82, 2.24) is 15.3 Å². The number of ketones is 1. The summed E-state index contributed by atoms with van der Waals surface area (Å²) in [5, 5.41) is 2.48. The fourth-order valence-corrected chi connectivity index (χ4v) is 1.49. The van der Waals surface area contributed by atoms with Crippen molar-refractivity contribution < 1.29 is 9.59 Å². The first-order valence-corrected chi connectivity index (χ1v) is 6.76. The van der Waals surface area contributed by atoms with Gasteiger partial charge in [0.15, 0.2) is 5.78 Å². The van der Waals surface area contributed by atoms with E-state index in [0.717, 1.165) is 5.56 Å². The number of pyridine rings is 2. The number of amides is 1. The van der Waals surface area contributed by atoms with Gasteiger partial charge in [0.2, 0.25) is 5.91 Å². The summed E-state index contributed by atoms with van der Waals surface area (Å²) in [6.45, 7) is 4.79. The van der Waals surface area contributed by atoms with Gasteiger partial charge in [0.05, 0.1) is 5.70 Å². The van der Waals surface area contributed by atoms with Gasteiger partial charge in [0.25, 0.3) is 0 Å². The lowest BCUT2D eigenvalue weighted by molar-refractivity contribution is -0.120. The van der Waals surface area contributed by atoms with Gasteiger partial charge in [-0.3, -0.25) is 19.6 Å². The first-order chi connectivity index (χ1) is 10.5. The van der Waals surface area contributed by atoms with Crippen molar-refractivity contribution in [2.24, 2.45) is 0 Å². The fourth-order valence-electron chi connectivity index (χ4n) is 1.49. The van der Waals surface area contributed by atoms with Gasteiger partial charge in [-0.25, -0.2) is 0 Å². The van der Waals surface area contributed by atoms with Crippen LogP contribution < -0.4 is 5.32 Å². The van der Waals surface area contributed by atoms with E-state index in [0.29, 0.717) is 0 Å². The molecule has 0 aliphatic heterocycles. The first-order valence-electron chi connectivity index (χ1n) is 6.76. The zero-order valence-electron chi connectivity index (χ0n) is 12.9. The van der Waals surface area contributed by atoms with Gasteiger partial charge in [-0.1, -0.05) is 6.07 Å². The van der Waals surface area contributed by atoms with Gasteiger partial charge in [0, 0.05) is 38.6 Å². The highest BCUT2D eigenvalue weighted by molar-refractivity contribution is 6.00. The molecule has 0 fully saturated rings. The molecule has 0 saturated carbocycles. The average Bonchev–Trinajstić information content (AvgIpc) is 2.48. The highest BCUT2D eigenvalue weighted by Crippen LogP contribution is 2.04. The highest BCUT2D eigenvalue weighted by atomic mass is 16.2. The lowest BCUT2D eigenvalue weighted by Crippen LogP contribution is -2.23. The summed E-state index contributed by atoms with van der Waals surface area (Å²) in [7, 11) is 0. The maximum absolute atomic E-state index is 11.2. The molecule has 0 spiro atoms. The van der Waals surface area contributed by atoms with Crippen LogP contribution in [-0.2, 0) is 9.59 Å². The first kappa shape index (κ1) is 17.2. The molecule has 1 N–H and O–H groups in total. The lowest BCUT2D eigenvalue weighted by atomic mass is 10.2. The maximum atomic E-state index is 11.2. The number of allylic oxidation sites excluding steroid dienone is 1. The Morgan fingerprint density at radius 1 is 1.05 bits per heavy atom. The van der Waals surface area contributed by atoms with Crippen LogP contribution in [0.5, 0.6) is 0 Å². The predicted octanol–water partition coefficient (Wildman–Crippen LogP) is 2.54. The van der Waals surface area contributed by atoms with Crippen molar-refractivity contribution >= 4 is 17.8 Å². The van der Waals surface area contributed by atoms with Crippen molar-refractivity contribution in [1.29, 1.82) is 0 Å². The van der Waals surface area contributed by atoms with E-state index in [9.17, 15) is 9.59 Å². The molecule has 2 heterocycles. The van der Waals surface area contributed by atoms with Crippen LogP contribution >= 0.6 is 0 Å². The van der Waals surface area contributed by atoms with Crippen LogP contribution in [0.1, 0.15) is 25.0 Å². The minimum Gasteiger partial charge on any atom is -0.323 e. The highest BCUT2D eigenvalue weighted by Gasteiger charge is 2.04. The van der Waals surface area contributed by atoms with Gasteiger partial charge in [-0.15, -0.1) is 0 Å². The molecule has 2 rings (SSSR count). The summed E-state index contributed by atoms with van der Waals surface area (Å²) in [6, 6.07) is 7.46. The van der Waals surface area contributed by atoms with Crippen molar-refractivity contribution in [3.05, 3.63) is 65.9 Å². The topological polar surface area (TPSA) is 72.0 Å². The van der Waals surface area contributed by atoms with Crippen LogP contribution in [0, 0.1) is 6.92 Å². The molecule has 0 radical (unpaired) electrons. The van der Waals surface area contributed by atoms with Gasteiger partial charge in [-0.05, 0) is 42.3 Å². The number of aryl methyl sites for hydroxylation is 1. The summed E-state index contributed by atoms with van der Waals surface area (Å²) in [5.41, 5.74) is 2.32. The third kappa shape index (κ3) is 7.09. The second-order valence-electron chi connectivity index (χ2n) is 4.61. The van der Waals surface area contributed by atoms with Crippen LogP contribution in [0.3, 0.4) is 0 Å². The molecule has 1 amide bonds. The molecule has 5 nitrogen and oxygen atoms in total. The molecular formula is C17H19N3O2. The van der Waals surface area contributed by atoms with Crippen LogP contribution in [0.15, 0.2) is 54.7 Å². The van der Waals surface area contributed by atoms with Crippen LogP contribution in [-0.4, -0.2) is 21.7 Å². The van der Waals surface area contributed by atoms with E-state index in [1.54, 1.807) is 36.8 Å². The molecule has 0 aromatic carbocycles. The number of carbonyl (C=O) groups excluding carboxylic acids is 2. The van der Waals surface area contributed by atoms with Gasteiger partial charge in [-0.2, -0.15) is 0 Å². The Bertz CT molecular complexity index is 637. The van der Waals surface area contributed by atoms with Crippen molar-refractivity contribution in [3.8, 4) is 0 Å². The monoisotopic (exact) mass is 297 g/mol. The third-order valence-corrected chi connectivity index (χ3v) is 2.52. The van der Waals surface area contributed by atoms with Gasteiger partial charge in [0.1, 0.15) is 0 Å². The van der Waals surface area contributed by atoms with E-state index in [-0.39, 0.29) is 17.4 Å². The van der Waals surface area contributed by atoms with E-state index < -0.39 is 0 Å². The standard InChI is InChI=1S/C11H12N2O2.C6H7N/c1-8(14)11(13-9(2)15)7-10-3-5-12-6-4-10;1-6-3-2-4-7-5-6/h3-7H,1-2H3,(H,13,15);2-5H,1H3/b11-7-;. The van der Waals surface area contributed by atoms with Crippen LogP contribution in [0.25, 0.3) is 6.08 Å². The second kappa shape index (κ2) is 9.18. The lowest BCUT2D eigenvalue weighted by Gasteiger charge is -2.03. The van der Waals surface area contributed by atoms with E-state index >= 15 is 0 Å². The molecule has 0 aliphatic carbocycles. The van der Waals surface area contributed by atoms with Crippen molar-refractivity contribution in [3.63, 3.8) is 0 Å². The summed E-state index contributed by atoms with van der Waals surface area (Å²) in [4.78, 5) is 29.8. The van der Waals surface area contributed by atoms with E-state index in [2.05, 4.69) is 15.3 Å². The molecule has 0 saturated heterocycles. The van der Waals surface area contributed by atoms with E-state index in [4.69, 9.17) is 0 Å².